The van der Waals surface area contributed by atoms with Crippen molar-refractivity contribution in [2.75, 3.05) is 18.0 Å². The number of carboxylic acids is 1. The Balaban J connectivity index is 1.91. The molecule has 2 atom stereocenters. The Morgan fingerprint density at radius 1 is 1.40 bits per heavy atom. The number of carbonyl (C=O) groups is 1. The minimum atomic E-state index is -0.953. The van der Waals surface area contributed by atoms with Crippen molar-refractivity contribution in [2.45, 2.75) is 20.3 Å². The lowest BCUT2D eigenvalue weighted by molar-refractivity contribution is 0.0697. The van der Waals surface area contributed by atoms with E-state index in [2.05, 4.69) is 23.7 Å². The van der Waals surface area contributed by atoms with E-state index in [0.29, 0.717) is 29.0 Å². The summed E-state index contributed by atoms with van der Waals surface area (Å²) in [4.78, 5) is 17.6. The molecular formula is C15H18N2O3. The number of fused-ring (bicyclic) bond motifs is 1. The lowest BCUT2D eigenvalue weighted by Gasteiger charge is -2.34. The van der Waals surface area contributed by atoms with Crippen molar-refractivity contribution in [3.63, 3.8) is 0 Å². The van der Waals surface area contributed by atoms with Gasteiger partial charge in [-0.15, -0.1) is 0 Å². The molecular weight excluding hydrogens is 256 g/mol. The van der Waals surface area contributed by atoms with Crippen molar-refractivity contribution in [3.8, 4) is 0 Å². The third-order valence-electron chi connectivity index (χ3n) is 4.23. The van der Waals surface area contributed by atoms with Gasteiger partial charge < -0.3 is 14.4 Å². The molecule has 2 heterocycles. The van der Waals surface area contributed by atoms with Gasteiger partial charge in [0.15, 0.2) is 5.58 Å². The van der Waals surface area contributed by atoms with Gasteiger partial charge in [0.05, 0.1) is 5.56 Å². The first-order chi connectivity index (χ1) is 9.54. The van der Waals surface area contributed by atoms with E-state index >= 15 is 0 Å². The lowest BCUT2D eigenvalue weighted by atomic mass is 9.89. The van der Waals surface area contributed by atoms with Crippen molar-refractivity contribution >= 4 is 23.1 Å². The maximum absolute atomic E-state index is 11.0. The summed E-state index contributed by atoms with van der Waals surface area (Å²) in [6, 6.07) is 5.38. The Hall–Kier alpha value is -2.04. The van der Waals surface area contributed by atoms with Gasteiger partial charge >= 0.3 is 5.97 Å². The fourth-order valence-electron chi connectivity index (χ4n) is 2.62. The van der Waals surface area contributed by atoms with Crippen LogP contribution in [-0.2, 0) is 0 Å². The van der Waals surface area contributed by atoms with E-state index < -0.39 is 5.97 Å². The van der Waals surface area contributed by atoms with Gasteiger partial charge in [-0.05, 0) is 36.5 Å². The van der Waals surface area contributed by atoms with Gasteiger partial charge in [0.25, 0.3) is 6.01 Å². The highest BCUT2D eigenvalue weighted by Gasteiger charge is 2.25. The van der Waals surface area contributed by atoms with Crippen LogP contribution in [0.4, 0.5) is 6.01 Å². The minimum absolute atomic E-state index is 0.223. The molecule has 106 valence electrons. The number of rotatable bonds is 2. The van der Waals surface area contributed by atoms with Crippen LogP contribution in [-0.4, -0.2) is 29.1 Å². The molecule has 1 aromatic heterocycles. The number of aromatic carboxylic acids is 1. The fourth-order valence-corrected chi connectivity index (χ4v) is 2.62. The molecule has 1 aliphatic rings. The van der Waals surface area contributed by atoms with E-state index in [1.165, 1.54) is 6.07 Å². The van der Waals surface area contributed by atoms with Crippen LogP contribution in [0.25, 0.3) is 11.1 Å². The summed E-state index contributed by atoms with van der Waals surface area (Å²) in [6.45, 7) is 6.37. The number of nitrogens with zero attached hydrogens (tertiary/aromatic N) is 2. The van der Waals surface area contributed by atoms with Crippen LogP contribution in [0, 0.1) is 11.8 Å². The van der Waals surface area contributed by atoms with Crippen LogP contribution >= 0.6 is 0 Å². The van der Waals surface area contributed by atoms with Crippen molar-refractivity contribution < 1.29 is 14.3 Å². The van der Waals surface area contributed by atoms with Gasteiger partial charge in [-0.3, -0.25) is 0 Å². The molecule has 1 fully saturated rings. The Morgan fingerprint density at radius 3 is 2.90 bits per heavy atom. The second-order valence-corrected chi connectivity index (χ2v) is 5.67. The van der Waals surface area contributed by atoms with Gasteiger partial charge in [0, 0.05) is 13.1 Å². The van der Waals surface area contributed by atoms with E-state index in [1.807, 2.05) is 0 Å². The first-order valence-electron chi connectivity index (χ1n) is 6.93. The summed E-state index contributed by atoms with van der Waals surface area (Å²) in [5, 5.41) is 8.99. The summed E-state index contributed by atoms with van der Waals surface area (Å²) >= 11 is 0. The average molecular weight is 274 g/mol. The zero-order valence-electron chi connectivity index (χ0n) is 11.7. The standard InChI is InChI=1S/C15H18N2O3/c1-9-5-6-17(8-10(9)2)15-16-12-4-3-11(14(18)19)7-13(12)20-15/h3-4,7,9-10H,5-6,8H2,1-2H3,(H,18,19). The number of benzene rings is 1. The molecule has 20 heavy (non-hydrogen) atoms. The molecule has 0 aliphatic carbocycles. The second-order valence-electron chi connectivity index (χ2n) is 5.67. The molecule has 2 aromatic rings. The predicted octanol–water partition coefficient (Wildman–Crippen LogP) is 3.01. The summed E-state index contributed by atoms with van der Waals surface area (Å²) in [6.07, 6.45) is 1.13. The second kappa shape index (κ2) is 4.81. The van der Waals surface area contributed by atoms with Crippen molar-refractivity contribution in [3.05, 3.63) is 23.8 Å². The topological polar surface area (TPSA) is 66.6 Å². The molecule has 0 saturated carbocycles. The highest BCUT2D eigenvalue weighted by atomic mass is 16.4. The quantitative estimate of drug-likeness (QED) is 0.911. The first kappa shape index (κ1) is 13.0. The van der Waals surface area contributed by atoms with Crippen molar-refractivity contribution in [2.24, 2.45) is 11.8 Å². The summed E-state index contributed by atoms with van der Waals surface area (Å²) in [5.74, 6) is 0.368. The van der Waals surface area contributed by atoms with E-state index in [0.717, 1.165) is 19.5 Å². The normalized spacial score (nSPS) is 23.2. The largest absolute Gasteiger partial charge is 0.478 e. The maximum Gasteiger partial charge on any atom is 0.335 e. The smallest absolute Gasteiger partial charge is 0.335 e. The molecule has 5 heteroatoms. The molecule has 0 bridgehead atoms. The molecule has 3 rings (SSSR count). The van der Waals surface area contributed by atoms with Gasteiger partial charge in [-0.2, -0.15) is 4.98 Å². The van der Waals surface area contributed by atoms with E-state index in [-0.39, 0.29) is 5.56 Å². The highest BCUT2D eigenvalue weighted by molar-refractivity contribution is 5.92. The fraction of sp³-hybridized carbons (Fsp3) is 0.467. The number of piperidine rings is 1. The monoisotopic (exact) mass is 274 g/mol. The average Bonchev–Trinajstić information content (AvgIpc) is 2.84. The Bertz CT molecular complexity index is 650. The highest BCUT2D eigenvalue weighted by Crippen LogP contribution is 2.29. The molecule has 2 unspecified atom stereocenters. The maximum atomic E-state index is 11.0. The third kappa shape index (κ3) is 2.24. The van der Waals surface area contributed by atoms with Crippen LogP contribution < -0.4 is 4.90 Å². The zero-order valence-corrected chi connectivity index (χ0v) is 11.7. The van der Waals surface area contributed by atoms with Crippen LogP contribution in [0.3, 0.4) is 0 Å². The molecule has 0 spiro atoms. The van der Waals surface area contributed by atoms with Gasteiger partial charge in [0.2, 0.25) is 0 Å². The number of anilines is 1. The number of aromatic nitrogens is 1. The SMILES string of the molecule is CC1CCN(c2nc3ccc(C(=O)O)cc3o2)CC1C. The summed E-state index contributed by atoms with van der Waals surface area (Å²) in [7, 11) is 0. The number of hydrogen-bond acceptors (Lipinski definition) is 4. The Labute approximate surface area is 117 Å². The van der Waals surface area contributed by atoms with Gasteiger partial charge in [-0.1, -0.05) is 13.8 Å². The number of oxazole rings is 1. The summed E-state index contributed by atoms with van der Waals surface area (Å²) in [5.41, 5.74) is 1.46. The Morgan fingerprint density at radius 2 is 2.20 bits per heavy atom. The molecule has 1 aliphatic heterocycles. The minimum Gasteiger partial charge on any atom is -0.478 e. The van der Waals surface area contributed by atoms with Crippen LogP contribution in [0.15, 0.2) is 22.6 Å². The van der Waals surface area contributed by atoms with Crippen LogP contribution in [0.5, 0.6) is 0 Å². The number of hydrogen-bond donors (Lipinski definition) is 1. The molecule has 5 nitrogen and oxygen atoms in total. The number of carboxylic acid groups (broad SMARTS) is 1. The van der Waals surface area contributed by atoms with E-state index in [4.69, 9.17) is 9.52 Å². The van der Waals surface area contributed by atoms with Crippen LogP contribution in [0.2, 0.25) is 0 Å². The predicted molar refractivity (Wildman–Crippen MR) is 76.1 cm³/mol. The molecule has 0 amide bonds. The third-order valence-corrected chi connectivity index (χ3v) is 4.23. The first-order valence-corrected chi connectivity index (χ1v) is 6.93. The van der Waals surface area contributed by atoms with Crippen LogP contribution in [0.1, 0.15) is 30.6 Å². The Kier molecular flexibility index (Phi) is 3.12. The van der Waals surface area contributed by atoms with E-state index in [9.17, 15) is 4.79 Å². The molecule has 1 N–H and O–H groups in total. The van der Waals surface area contributed by atoms with Crippen molar-refractivity contribution in [1.82, 2.24) is 4.98 Å². The van der Waals surface area contributed by atoms with E-state index in [1.54, 1.807) is 12.1 Å². The molecule has 1 aromatic carbocycles. The molecule has 1 saturated heterocycles. The zero-order chi connectivity index (χ0) is 14.3. The lowest BCUT2D eigenvalue weighted by Crippen LogP contribution is -2.38. The van der Waals surface area contributed by atoms with Gasteiger partial charge in [0.1, 0.15) is 5.52 Å². The summed E-state index contributed by atoms with van der Waals surface area (Å²) < 4.78 is 5.73. The molecule has 0 radical (unpaired) electrons. The van der Waals surface area contributed by atoms with Gasteiger partial charge in [-0.25, -0.2) is 4.79 Å². The van der Waals surface area contributed by atoms with Crippen molar-refractivity contribution in [1.29, 1.82) is 0 Å².